The van der Waals surface area contributed by atoms with Crippen LogP contribution in [0.3, 0.4) is 0 Å². The summed E-state index contributed by atoms with van der Waals surface area (Å²) < 4.78 is 54.8. The predicted octanol–water partition coefficient (Wildman–Crippen LogP) is 0.633. The highest BCUT2D eigenvalue weighted by Crippen LogP contribution is 2.17. The van der Waals surface area contributed by atoms with Gasteiger partial charge in [0.05, 0.1) is 12.9 Å². The second-order valence-corrected chi connectivity index (χ2v) is 5.36. The van der Waals surface area contributed by atoms with E-state index in [1.165, 1.54) is 10.9 Å². The third-order valence-corrected chi connectivity index (χ3v) is 3.82. The van der Waals surface area contributed by atoms with Crippen molar-refractivity contribution in [2.75, 3.05) is 19.8 Å². The molecule has 0 saturated carbocycles. The molecule has 104 valence electrons. The Morgan fingerprint density at radius 3 is 2.78 bits per heavy atom. The molecule has 6 nitrogen and oxygen atoms in total. The van der Waals surface area contributed by atoms with Crippen LogP contribution in [0.25, 0.3) is 0 Å². The van der Waals surface area contributed by atoms with E-state index in [0.29, 0.717) is 0 Å². The first-order valence-electron chi connectivity index (χ1n) is 4.87. The van der Waals surface area contributed by atoms with E-state index in [2.05, 4.69) is 14.4 Å². The molecular weight excluding hydrogens is 292 g/mol. The molecule has 18 heavy (non-hydrogen) atoms. The summed E-state index contributed by atoms with van der Waals surface area (Å²) in [6, 6.07) is 0. The zero-order chi connectivity index (χ0) is 13.8. The average Bonchev–Trinajstić information content (AvgIpc) is 2.59. The van der Waals surface area contributed by atoms with Gasteiger partial charge in [-0.15, -0.1) is 0 Å². The van der Waals surface area contributed by atoms with Crippen LogP contribution in [0.5, 0.6) is 0 Å². The number of hydrogen-bond acceptors (Lipinski definition) is 4. The molecule has 0 fully saturated rings. The van der Waals surface area contributed by atoms with E-state index < -0.39 is 23.1 Å². The highest BCUT2D eigenvalue weighted by molar-refractivity contribution is 7.89. The van der Waals surface area contributed by atoms with Crippen LogP contribution >= 0.6 is 11.6 Å². The molecule has 1 aromatic heterocycles. The average molecular weight is 304 g/mol. The summed E-state index contributed by atoms with van der Waals surface area (Å²) in [7, 11) is -2.31. The van der Waals surface area contributed by atoms with Crippen LogP contribution in [0.4, 0.5) is 8.78 Å². The molecule has 0 aliphatic heterocycles. The van der Waals surface area contributed by atoms with Crippen molar-refractivity contribution in [3.63, 3.8) is 0 Å². The molecule has 0 amide bonds. The molecule has 1 N–H and O–H groups in total. The Bertz CT molecular complexity index is 492. The van der Waals surface area contributed by atoms with Gasteiger partial charge in [-0.3, -0.25) is 0 Å². The number of alkyl halides is 2. The number of ether oxygens (including phenoxy) is 1. The summed E-state index contributed by atoms with van der Waals surface area (Å²) in [6.07, 6.45) is -1.32. The molecule has 0 radical (unpaired) electrons. The number of aryl methyl sites for hydroxylation is 1. The van der Waals surface area contributed by atoms with E-state index in [-0.39, 0.29) is 23.3 Å². The van der Waals surface area contributed by atoms with E-state index in [4.69, 9.17) is 11.6 Å². The van der Waals surface area contributed by atoms with Crippen molar-refractivity contribution >= 4 is 21.6 Å². The predicted molar refractivity (Wildman–Crippen MR) is 60.2 cm³/mol. The largest absolute Gasteiger partial charge is 0.374 e. The molecule has 0 atom stereocenters. The number of imidazole rings is 1. The number of aromatic nitrogens is 2. The minimum atomic E-state index is -3.85. The lowest BCUT2D eigenvalue weighted by molar-refractivity contribution is 0.0199. The maximum absolute atomic E-state index is 11.7. The summed E-state index contributed by atoms with van der Waals surface area (Å²) in [6.45, 7) is -1.03. The van der Waals surface area contributed by atoms with Gasteiger partial charge in [-0.25, -0.2) is 26.9 Å². The minimum absolute atomic E-state index is 0.0315. The van der Waals surface area contributed by atoms with Gasteiger partial charge in [0.25, 0.3) is 16.4 Å². The molecule has 0 unspecified atom stereocenters. The first-order chi connectivity index (χ1) is 8.34. The van der Waals surface area contributed by atoms with Crippen LogP contribution in [-0.4, -0.2) is 44.2 Å². The Balaban J connectivity index is 2.48. The number of hydrogen-bond donors (Lipinski definition) is 1. The smallest absolute Gasteiger partial charge is 0.261 e. The Hall–Kier alpha value is -0.770. The van der Waals surface area contributed by atoms with Gasteiger partial charge in [-0.2, -0.15) is 0 Å². The Kier molecular flexibility index (Phi) is 5.45. The van der Waals surface area contributed by atoms with Gasteiger partial charge in [0.2, 0.25) is 5.03 Å². The zero-order valence-electron chi connectivity index (χ0n) is 9.44. The first-order valence-corrected chi connectivity index (χ1v) is 6.73. The van der Waals surface area contributed by atoms with E-state index in [0.717, 1.165) is 0 Å². The summed E-state index contributed by atoms with van der Waals surface area (Å²) >= 11 is 5.73. The monoisotopic (exact) mass is 303 g/mol. The Morgan fingerprint density at radius 2 is 2.28 bits per heavy atom. The fraction of sp³-hybridized carbons (Fsp3) is 0.625. The van der Waals surface area contributed by atoms with Crippen molar-refractivity contribution in [2.45, 2.75) is 11.5 Å². The van der Waals surface area contributed by atoms with Crippen molar-refractivity contribution < 1.29 is 21.9 Å². The van der Waals surface area contributed by atoms with Crippen molar-refractivity contribution in [1.29, 1.82) is 0 Å². The van der Waals surface area contributed by atoms with Gasteiger partial charge in [0.1, 0.15) is 11.8 Å². The third kappa shape index (κ3) is 4.16. The molecule has 0 aromatic carbocycles. The highest BCUT2D eigenvalue weighted by Gasteiger charge is 2.21. The van der Waals surface area contributed by atoms with Gasteiger partial charge >= 0.3 is 0 Å². The normalized spacial score (nSPS) is 12.3. The maximum atomic E-state index is 11.7. The van der Waals surface area contributed by atoms with Gasteiger partial charge in [-0.1, -0.05) is 11.6 Å². The molecule has 0 aliphatic rings. The standard InChI is InChI=1S/C8H12ClF2N3O3S/c1-14-5-12-8(7(14)9)18(15,16)13-2-3-17-4-6(10)11/h5-6,13H,2-4H2,1H3. The fourth-order valence-corrected chi connectivity index (χ4v) is 2.50. The van der Waals surface area contributed by atoms with E-state index in [1.807, 2.05) is 0 Å². The van der Waals surface area contributed by atoms with Gasteiger partial charge < -0.3 is 9.30 Å². The Labute approximate surface area is 108 Å². The molecular formula is C8H12ClF2N3O3S. The number of sulfonamides is 1. The second-order valence-electron chi connectivity index (χ2n) is 3.32. The van der Waals surface area contributed by atoms with E-state index in [1.54, 1.807) is 7.05 Å². The fourth-order valence-electron chi connectivity index (χ4n) is 1.06. The second kappa shape index (κ2) is 6.41. The van der Waals surface area contributed by atoms with Crippen LogP contribution in [0, 0.1) is 0 Å². The summed E-state index contributed by atoms with van der Waals surface area (Å²) in [5, 5.41) is -0.337. The zero-order valence-corrected chi connectivity index (χ0v) is 11.0. The lowest BCUT2D eigenvalue weighted by Gasteiger charge is -2.06. The SMILES string of the molecule is Cn1cnc(S(=O)(=O)NCCOCC(F)F)c1Cl. The first kappa shape index (κ1) is 15.3. The number of halogens is 3. The topological polar surface area (TPSA) is 73.2 Å². The number of nitrogens with zero attached hydrogens (tertiary/aromatic N) is 2. The van der Waals surface area contributed by atoms with Crippen LogP contribution < -0.4 is 4.72 Å². The van der Waals surface area contributed by atoms with Crippen molar-refractivity contribution in [1.82, 2.24) is 14.3 Å². The molecule has 1 rings (SSSR count). The molecule has 1 heterocycles. The number of nitrogens with one attached hydrogen (secondary N) is 1. The van der Waals surface area contributed by atoms with Crippen LogP contribution in [0.2, 0.25) is 5.15 Å². The highest BCUT2D eigenvalue weighted by atomic mass is 35.5. The minimum Gasteiger partial charge on any atom is -0.374 e. The Morgan fingerprint density at radius 1 is 1.61 bits per heavy atom. The maximum Gasteiger partial charge on any atom is 0.261 e. The molecule has 1 aromatic rings. The summed E-state index contributed by atoms with van der Waals surface area (Å²) in [5.74, 6) is 0. The van der Waals surface area contributed by atoms with Crippen molar-refractivity contribution in [3.05, 3.63) is 11.5 Å². The molecule has 0 spiro atoms. The van der Waals surface area contributed by atoms with Crippen LogP contribution in [-0.2, 0) is 21.8 Å². The lowest BCUT2D eigenvalue weighted by atomic mass is 10.7. The summed E-state index contributed by atoms with van der Waals surface area (Å²) in [4.78, 5) is 3.63. The van der Waals surface area contributed by atoms with E-state index in [9.17, 15) is 17.2 Å². The van der Waals surface area contributed by atoms with Crippen molar-refractivity contribution in [2.24, 2.45) is 7.05 Å². The van der Waals surface area contributed by atoms with Crippen LogP contribution in [0.1, 0.15) is 0 Å². The summed E-state index contributed by atoms with van der Waals surface area (Å²) in [5.41, 5.74) is 0. The molecule has 0 saturated heterocycles. The molecule has 10 heteroatoms. The molecule has 0 bridgehead atoms. The van der Waals surface area contributed by atoms with Crippen molar-refractivity contribution in [3.8, 4) is 0 Å². The van der Waals surface area contributed by atoms with Crippen LogP contribution in [0.15, 0.2) is 11.4 Å². The van der Waals surface area contributed by atoms with Gasteiger partial charge in [0, 0.05) is 13.6 Å². The molecule has 0 aliphatic carbocycles. The van der Waals surface area contributed by atoms with Gasteiger partial charge in [-0.05, 0) is 0 Å². The number of rotatable bonds is 7. The lowest BCUT2D eigenvalue weighted by Crippen LogP contribution is -2.28. The quantitative estimate of drug-likeness (QED) is 0.750. The third-order valence-electron chi connectivity index (χ3n) is 1.87. The van der Waals surface area contributed by atoms with Gasteiger partial charge in [0.15, 0.2) is 0 Å². The van der Waals surface area contributed by atoms with E-state index >= 15 is 0 Å².